The highest BCUT2D eigenvalue weighted by molar-refractivity contribution is 7.82. The van der Waals surface area contributed by atoms with Crippen LogP contribution in [0.25, 0.3) is 0 Å². The highest BCUT2D eigenvalue weighted by atomic mass is 32.1. The second-order valence-corrected chi connectivity index (χ2v) is 41.5. The third kappa shape index (κ3) is 48.4. The summed E-state index contributed by atoms with van der Waals surface area (Å²) in [6.45, 7) is 44.2. The number of nitrogens with zero attached hydrogens (tertiary/aromatic N) is 12. The highest BCUT2D eigenvalue weighted by Gasteiger charge is 2.34. The van der Waals surface area contributed by atoms with Gasteiger partial charge in [0.05, 0.1) is 79.3 Å². The summed E-state index contributed by atoms with van der Waals surface area (Å²) in [4.78, 5) is 37.7. The first-order chi connectivity index (χ1) is 59.4. The molecule has 8 fully saturated rings. The number of ether oxygens (including phenoxy) is 6. The fourth-order valence-electron chi connectivity index (χ4n) is 17.7. The monoisotopic (exact) mass is 1950 g/mol. The average Bonchev–Trinajstić information content (AvgIpc) is 0.937. The Labute approximate surface area is 822 Å². The van der Waals surface area contributed by atoms with Gasteiger partial charge in [-0.25, -0.2) is 0 Å². The van der Waals surface area contributed by atoms with Crippen LogP contribution < -0.4 is 0 Å². The molecule has 4 saturated carbocycles. The lowest BCUT2D eigenvalue weighted by atomic mass is 9.88. The zero-order valence-electron chi connectivity index (χ0n) is 80.3. The Hall–Kier alpha value is -1.56. The Morgan fingerprint density at radius 2 is 0.403 bits per heavy atom. The number of likely N-dealkylation sites (N-methyl/N-ethyl adjacent to an activating group) is 4. The molecule has 4 aliphatic carbocycles. The maximum Gasteiger partial charge on any atom is 0.105 e. The first-order valence-corrected chi connectivity index (χ1v) is 53.1. The van der Waals surface area contributed by atoms with E-state index in [0.717, 1.165) is 138 Å². The molecule has 8 rings (SSSR count). The molecule has 716 valence electrons. The van der Waals surface area contributed by atoms with Crippen molar-refractivity contribution in [2.24, 2.45) is 0 Å². The molecule has 0 radical (unpaired) electrons. The average molecular weight is 1950 g/mol. The molecular formula is C94H172N12O6S12. The first kappa shape index (κ1) is 117. The SMILES string of the molecule is CC(C)N(C(=S)COCC(=S)N(C(C)C)C(C)C)C(C)C.CCN(CC)C(=S)COCC(=S)N(CC)CC.CN(C)C(=S)COCC(=S)N(C)C.S=C(COCC(=S)N(C1CCCCC1)C1CCCCC1)N(C1CCCCC1)C1CCCCC1.S=C(COCC(=S)N1CCCCC1)N1CCCCC1.S=C(COCC(=S)N1CCCCCC1)N1CCCCCC1. The molecule has 4 aliphatic heterocycles. The van der Waals surface area contributed by atoms with Crippen molar-refractivity contribution in [2.45, 2.75) is 350 Å². The van der Waals surface area contributed by atoms with Gasteiger partial charge in [-0.3, -0.25) is 0 Å². The maximum absolute atomic E-state index is 6.32. The van der Waals surface area contributed by atoms with E-state index in [1.54, 1.807) is 0 Å². The van der Waals surface area contributed by atoms with Crippen LogP contribution in [0.1, 0.15) is 301 Å². The summed E-state index contributed by atoms with van der Waals surface area (Å²) in [6, 6.07) is 4.12. The van der Waals surface area contributed by atoms with Crippen LogP contribution >= 0.6 is 147 Å². The molecule has 0 unspecified atom stereocenters. The minimum absolute atomic E-state index is 0.385. The molecule has 4 saturated heterocycles. The molecule has 0 bridgehead atoms. The zero-order chi connectivity index (χ0) is 91.7. The minimum Gasteiger partial charge on any atom is -0.370 e. The van der Waals surface area contributed by atoms with Crippen molar-refractivity contribution < 1.29 is 28.4 Å². The van der Waals surface area contributed by atoms with E-state index in [-0.39, 0.29) is 0 Å². The Bertz CT molecular complexity index is 2770. The lowest BCUT2D eigenvalue weighted by Gasteiger charge is -2.44. The second kappa shape index (κ2) is 70.2. The number of piperidine rings is 2. The largest absolute Gasteiger partial charge is 0.370 e. The topological polar surface area (TPSA) is 94.3 Å². The third-order valence-corrected chi connectivity index (χ3v) is 29.1. The molecule has 4 heterocycles. The van der Waals surface area contributed by atoms with Gasteiger partial charge in [-0.2, -0.15) is 0 Å². The molecule has 0 atom stereocenters. The fraction of sp³-hybridized carbons (Fsp3) is 0.872. The van der Waals surface area contributed by atoms with Gasteiger partial charge in [0, 0.05) is 155 Å². The van der Waals surface area contributed by atoms with Crippen LogP contribution in [0.5, 0.6) is 0 Å². The van der Waals surface area contributed by atoms with Crippen LogP contribution in [0.2, 0.25) is 0 Å². The number of thiocarbonyl (C=S) groups is 12. The van der Waals surface area contributed by atoms with E-state index in [4.69, 9.17) is 175 Å². The van der Waals surface area contributed by atoms with Crippen molar-refractivity contribution in [3.63, 3.8) is 0 Å². The van der Waals surface area contributed by atoms with Crippen LogP contribution in [0.15, 0.2) is 0 Å². The highest BCUT2D eigenvalue weighted by Crippen LogP contribution is 2.33. The molecule has 0 aromatic rings. The normalized spacial score (nSPS) is 17.5. The molecule has 0 aromatic heterocycles. The maximum atomic E-state index is 6.32. The number of rotatable bonds is 36. The molecule has 0 aromatic carbocycles. The number of hydrogen-bond acceptors (Lipinski definition) is 18. The molecule has 18 nitrogen and oxygen atoms in total. The molecule has 0 amide bonds. The number of likely N-dealkylation sites (tertiary alicyclic amines) is 4. The standard InChI is InChI=1S/C28H48N2OS2.C16H28N2OS2.C16H32N2OS2.C14H24N2OS2.C12H24N2OS2.C8H16N2OS2/c32-27(29(23-13-5-1-6-14-23)24-15-7-2-8-16-24)21-31-22-28(33)30(25-17-9-3-10-18-25)26-19-11-4-12-20-26;20-15(17-9-5-1-2-6-10-17)13-19-14-16(21)18-11-7-3-4-8-12-18;1-11(2)17(12(3)4)15(20)9-19-10-16(21)18(13(5)6)14(7)8;18-13(15-7-3-1-4-8-15)11-17-12-14(19)16-9-5-2-6-10-16;1-5-13(6-2)11(16)9-15-10-12(17)14(7-3)8-4;1-9(2)7(12)5-11-6-8(13)10(3)4/h23-26H,1-22H2;1-14H2;11-14H,9-10H2,1-8H3;1-12H2;5-10H2,1-4H3;5-6H2,1-4H3. The van der Waals surface area contributed by atoms with Crippen molar-refractivity contribution in [1.29, 1.82) is 0 Å². The van der Waals surface area contributed by atoms with Crippen molar-refractivity contribution in [3.05, 3.63) is 0 Å². The zero-order valence-corrected chi connectivity index (χ0v) is 90.1. The Morgan fingerprint density at radius 1 is 0.234 bits per heavy atom. The van der Waals surface area contributed by atoms with Crippen molar-refractivity contribution in [1.82, 2.24) is 58.8 Å². The minimum atomic E-state index is 0.385. The first-order valence-electron chi connectivity index (χ1n) is 48.2. The Kier molecular flexibility index (Phi) is 66.0. The van der Waals surface area contributed by atoms with Gasteiger partial charge in [0.1, 0.15) is 59.9 Å². The molecule has 0 spiro atoms. The van der Waals surface area contributed by atoms with Gasteiger partial charge in [0.15, 0.2) is 0 Å². The summed E-state index contributed by atoms with van der Waals surface area (Å²) in [5.41, 5.74) is 0. The van der Waals surface area contributed by atoms with E-state index >= 15 is 0 Å². The lowest BCUT2D eigenvalue weighted by molar-refractivity contribution is 0.125. The predicted molar refractivity (Wildman–Crippen MR) is 576 cm³/mol. The van der Waals surface area contributed by atoms with Crippen molar-refractivity contribution in [2.75, 3.05) is 186 Å². The third-order valence-electron chi connectivity index (χ3n) is 24.5. The summed E-state index contributed by atoms with van der Waals surface area (Å²) in [5.74, 6) is 0. The van der Waals surface area contributed by atoms with E-state index in [1.165, 1.54) is 218 Å². The van der Waals surface area contributed by atoms with E-state index < -0.39 is 0 Å². The fourth-order valence-corrected chi connectivity index (χ4v) is 21.4. The van der Waals surface area contributed by atoms with Crippen LogP contribution in [0, 0.1) is 0 Å². The van der Waals surface area contributed by atoms with E-state index in [9.17, 15) is 0 Å². The second-order valence-electron chi connectivity index (χ2n) is 35.9. The summed E-state index contributed by atoms with van der Waals surface area (Å²) >= 11 is 65.6. The Morgan fingerprint density at radius 3 is 0.597 bits per heavy atom. The van der Waals surface area contributed by atoms with Gasteiger partial charge in [0.25, 0.3) is 0 Å². The van der Waals surface area contributed by atoms with Gasteiger partial charge in [-0.05, 0) is 199 Å². The van der Waals surface area contributed by atoms with Gasteiger partial charge in [-0.15, -0.1) is 0 Å². The van der Waals surface area contributed by atoms with Crippen LogP contribution in [-0.4, -0.2) is 353 Å². The van der Waals surface area contributed by atoms with Gasteiger partial charge >= 0.3 is 0 Å². The Balaban J connectivity index is 0.000000394. The summed E-state index contributed by atoms with van der Waals surface area (Å²) in [6.07, 6.45) is 45.0. The summed E-state index contributed by atoms with van der Waals surface area (Å²) < 4.78 is 34.4. The molecule has 30 heteroatoms. The molecule has 0 N–H and O–H groups in total. The van der Waals surface area contributed by atoms with Crippen LogP contribution in [0.3, 0.4) is 0 Å². The summed E-state index contributed by atoms with van der Waals surface area (Å²) in [7, 11) is 7.60. The smallest absolute Gasteiger partial charge is 0.105 e. The van der Waals surface area contributed by atoms with Crippen molar-refractivity contribution in [3.8, 4) is 0 Å². The number of hydrogen-bond donors (Lipinski definition) is 0. The van der Waals surface area contributed by atoms with E-state index in [0.29, 0.717) is 128 Å². The van der Waals surface area contributed by atoms with Gasteiger partial charge in [-0.1, -0.05) is 249 Å². The predicted octanol–water partition coefficient (Wildman–Crippen LogP) is 20.6. The quantitative estimate of drug-likeness (QED) is 0.0557. The van der Waals surface area contributed by atoms with Gasteiger partial charge < -0.3 is 87.2 Å². The van der Waals surface area contributed by atoms with Gasteiger partial charge in [0.2, 0.25) is 0 Å². The lowest BCUT2D eigenvalue weighted by Crippen LogP contribution is -2.51. The molecular weight excluding hydrogens is 1780 g/mol. The van der Waals surface area contributed by atoms with E-state index in [2.05, 4.69) is 132 Å². The molecule has 8 aliphatic rings. The van der Waals surface area contributed by atoms with E-state index in [1.807, 2.05) is 38.0 Å². The van der Waals surface area contributed by atoms with Crippen molar-refractivity contribution >= 4 is 206 Å². The van der Waals surface area contributed by atoms with Crippen LogP contribution in [-0.2, 0) is 28.4 Å². The molecule has 124 heavy (non-hydrogen) atoms. The summed E-state index contributed by atoms with van der Waals surface area (Å²) in [5, 5.41) is 0. The van der Waals surface area contributed by atoms with Crippen LogP contribution in [0.4, 0.5) is 0 Å².